The Labute approximate surface area is 88.4 Å². The maximum atomic E-state index is 5.77. The topological polar surface area (TPSA) is 21.3 Å². The summed E-state index contributed by atoms with van der Waals surface area (Å²) < 4.78 is 5.77. The van der Waals surface area contributed by atoms with Gasteiger partial charge in [0.25, 0.3) is 0 Å². The Morgan fingerprint density at radius 1 is 1.29 bits per heavy atom. The maximum Gasteiger partial charge on any atom is 0.0622 e. The van der Waals surface area contributed by atoms with E-state index >= 15 is 0 Å². The van der Waals surface area contributed by atoms with E-state index in [0.29, 0.717) is 12.0 Å². The van der Waals surface area contributed by atoms with Crippen LogP contribution in [0.15, 0.2) is 0 Å². The van der Waals surface area contributed by atoms with Crippen molar-refractivity contribution in [1.29, 1.82) is 0 Å². The highest BCUT2D eigenvalue weighted by molar-refractivity contribution is 4.69. The first-order valence-corrected chi connectivity index (χ1v) is 5.99. The van der Waals surface area contributed by atoms with Crippen molar-refractivity contribution in [2.75, 3.05) is 20.3 Å². The van der Waals surface area contributed by atoms with Crippen molar-refractivity contribution in [3.63, 3.8) is 0 Å². The number of likely N-dealkylation sites (N-methyl/N-ethyl adjacent to an activating group) is 1. The normalized spacial score (nSPS) is 20.6. The van der Waals surface area contributed by atoms with Gasteiger partial charge in [-0.25, -0.2) is 0 Å². The molecule has 0 heterocycles. The quantitative estimate of drug-likeness (QED) is 0.709. The van der Waals surface area contributed by atoms with Crippen LogP contribution in [0.5, 0.6) is 0 Å². The molecule has 1 unspecified atom stereocenters. The van der Waals surface area contributed by atoms with Gasteiger partial charge in [-0.3, -0.25) is 0 Å². The van der Waals surface area contributed by atoms with Crippen molar-refractivity contribution in [2.45, 2.75) is 45.6 Å². The molecule has 1 fully saturated rings. The molecule has 0 aliphatic heterocycles. The molecule has 1 aliphatic rings. The molecule has 1 saturated carbocycles. The van der Waals surface area contributed by atoms with Crippen LogP contribution >= 0.6 is 0 Å². The predicted molar refractivity (Wildman–Crippen MR) is 60.5 cm³/mol. The predicted octanol–water partition coefficient (Wildman–Crippen LogP) is 2.44. The zero-order chi connectivity index (χ0) is 10.4. The molecule has 2 heteroatoms. The molecule has 84 valence electrons. The Morgan fingerprint density at radius 3 is 2.43 bits per heavy atom. The Morgan fingerprint density at radius 2 is 1.93 bits per heavy atom. The highest BCUT2D eigenvalue weighted by Crippen LogP contribution is 2.24. The summed E-state index contributed by atoms with van der Waals surface area (Å²) in [5.74, 6) is 1.50. The minimum Gasteiger partial charge on any atom is -0.380 e. The van der Waals surface area contributed by atoms with Gasteiger partial charge in [-0.2, -0.15) is 0 Å². The third-order valence-electron chi connectivity index (χ3n) is 3.30. The van der Waals surface area contributed by atoms with E-state index in [1.165, 1.54) is 25.7 Å². The first-order chi connectivity index (χ1) is 6.74. The average molecular weight is 199 g/mol. The molecule has 0 saturated heterocycles. The lowest BCUT2D eigenvalue weighted by Gasteiger charge is -2.21. The molecule has 0 aromatic heterocycles. The third-order valence-corrected chi connectivity index (χ3v) is 3.30. The van der Waals surface area contributed by atoms with Crippen LogP contribution in [0.4, 0.5) is 0 Å². The summed E-state index contributed by atoms with van der Waals surface area (Å²) in [4.78, 5) is 0. The molecule has 0 spiro atoms. The minimum absolute atomic E-state index is 0.511. The van der Waals surface area contributed by atoms with E-state index in [9.17, 15) is 0 Å². The summed E-state index contributed by atoms with van der Waals surface area (Å²) in [5, 5.41) is 3.30. The van der Waals surface area contributed by atoms with E-state index in [-0.39, 0.29) is 0 Å². The number of hydrogen-bond acceptors (Lipinski definition) is 2. The molecular weight excluding hydrogens is 174 g/mol. The molecule has 1 N–H and O–H groups in total. The van der Waals surface area contributed by atoms with Crippen molar-refractivity contribution in [1.82, 2.24) is 5.32 Å². The molecule has 0 radical (unpaired) electrons. The van der Waals surface area contributed by atoms with Crippen molar-refractivity contribution < 1.29 is 4.74 Å². The minimum atomic E-state index is 0.511. The number of rotatable bonds is 6. The van der Waals surface area contributed by atoms with E-state index < -0.39 is 0 Å². The van der Waals surface area contributed by atoms with Crippen LogP contribution in [0.2, 0.25) is 0 Å². The Bertz CT molecular complexity index is 141. The van der Waals surface area contributed by atoms with Gasteiger partial charge in [0.2, 0.25) is 0 Å². The fourth-order valence-electron chi connectivity index (χ4n) is 2.15. The summed E-state index contributed by atoms with van der Waals surface area (Å²) >= 11 is 0. The molecule has 1 atom stereocenters. The zero-order valence-electron chi connectivity index (χ0n) is 9.88. The standard InChI is InChI=1S/C12H25NO/c1-10(2)12(13-3)9-14-8-11-6-4-5-7-11/h10-13H,4-9H2,1-3H3. The number of nitrogens with one attached hydrogen (secondary N) is 1. The van der Waals surface area contributed by atoms with E-state index in [2.05, 4.69) is 19.2 Å². The zero-order valence-corrected chi connectivity index (χ0v) is 9.88. The lowest BCUT2D eigenvalue weighted by Crippen LogP contribution is -2.35. The Balaban J connectivity index is 2.06. The van der Waals surface area contributed by atoms with Crippen molar-refractivity contribution >= 4 is 0 Å². The van der Waals surface area contributed by atoms with Crippen molar-refractivity contribution in [2.24, 2.45) is 11.8 Å². The van der Waals surface area contributed by atoms with Gasteiger partial charge in [-0.05, 0) is 31.7 Å². The van der Waals surface area contributed by atoms with E-state index in [0.717, 1.165) is 19.1 Å². The van der Waals surface area contributed by atoms with Crippen LogP contribution in [-0.2, 0) is 4.74 Å². The number of hydrogen-bond donors (Lipinski definition) is 1. The summed E-state index contributed by atoms with van der Waals surface area (Å²) in [6.45, 7) is 6.32. The molecule has 1 rings (SSSR count). The second-order valence-electron chi connectivity index (χ2n) is 4.83. The van der Waals surface area contributed by atoms with Gasteiger partial charge in [-0.15, -0.1) is 0 Å². The van der Waals surface area contributed by atoms with Crippen LogP contribution in [0, 0.1) is 11.8 Å². The van der Waals surface area contributed by atoms with Crippen LogP contribution < -0.4 is 5.32 Å². The second-order valence-corrected chi connectivity index (χ2v) is 4.83. The van der Waals surface area contributed by atoms with Gasteiger partial charge in [0.15, 0.2) is 0 Å². The fraction of sp³-hybridized carbons (Fsp3) is 1.00. The summed E-state index contributed by atoms with van der Waals surface area (Å²) in [6.07, 6.45) is 5.58. The number of ether oxygens (including phenoxy) is 1. The fourth-order valence-corrected chi connectivity index (χ4v) is 2.15. The molecule has 2 nitrogen and oxygen atoms in total. The Hall–Kier alpha value is -0.0800. The van der Waals surface area contributed by atoms with Crippen LogP contribution in [0.1, 0.15) is 39.5 Å². The average Bonchev–Trinajstić information content (AvgIpc) is 2.64. The highest BCUT2D eigenvalue weighted by Gasteiger charge is 2.16. The van der Waals surface area contributed by atoms with Crippen LogP contribution in [0.25, 0.3) is 0 Å². The SMILES string of the molecule is CNC(COCC1CCCC1)C(C)C. The molecule has 0 bridgehead atoms. The van der Waals surface area contributed by atoms with E-state index in [4.69, 9.17) is 4.74 Å². The molecule has 0 aromatic rings. The third kappa shape index (κ3) is 3.97. The second kappa shape index (κ2) is 6.41. The van der Waals surface area contributed by atoms with Gasteiger partial charge in [-0.1, -0.05) is 26.7 Å². The van der Waals surface area contributed by atoms with E-state index in [1.807, 2.05) is 7.05 Å². The largest absolute Gasteiger partial charge is 0.380 e. The monoisotopic (exact) mass is 199 g/mol. The Kier molecular flexibility index (Phi) is 5.49. The molecule has 14 heavy (non-hydrogen) atoms. The molecule has 0 amide bonds. The highest BCUT2D eigenvalue weighted by atomic mass is 16.5. The first-order valence-electron chi connectivity index (χ1n) is 5.99. The van der Waals surface area contributed by atoms with E-state index in [1.54, 1.807) is 0 Å². The summed E-state index contributed by atoms with van der Waals surface area (Å²) in [6, 6.07) is 0.511. The van der Waals surface area contributed by atoms with Gasteiger partial charge < -0.3 is 10.1 Å². The lowest BCUT2D eigenvalue weighted by molar-refractivity contribution is 0.0745. The first kappa shape index (κ1) is 12.0. The summed E-state index contributed by atoms with van der Waals surface area (Å²) in [5.41, 5.74) is 0. The maximum absolute atomic E-state index is 5.77. The van der Waals surface area contributed by atoms with Crippen molar-refractivity contribution in [3.05, 3.63) is 0 Å². The summed E-state index contributed by atoms with van der Waals surface area (Å²) in [7, 11) is 2.02. The van der Waals surface area contributed by atoms with Gasteiger partial charge in [0.1, 0.15) is 0 Å². The van der Waals surface area contributed by atoms with Crippen molar-refractivity contribution in [3.8, 4) is 0 Å². The molecule has 0 aromatic carbocycles. The smallest absolute Gasteiger partial charge is 0.0622 e. The van der Waals surface area contributed by atoms with Crippen LogP contribution in [0.3, 0.4) is 0 Å². The molecular formula is C12H25NO. The van der Waals surface area contributed by atoms with Gasteiger partial charge >= 0.3 is 0 Å². The van der Waals surface area contributed by atoms with Crippen LogP contribution in [-0.4, -0.2) is 26.3 Å². The van der Waals surface area contributed by atoms with Gasteiger partial charge in [0, 0.05) is 12.6 Å². The lowest BCUT2D eigenvalue weighted by atomic mass is 10.1. The molecule has 1 aliphatic carbocycles. The van der Waals surface area contributed by atoms with Gasteiger partial charge in [0.05, 0.1) is 6.61 Å².